The van der Waals surface area contributed by atoms with Gasteiger partial charge in [-0.15, -0.1) is 0 Å². The maximum atomic E-state index is 12.4. The molecule has 0 aliphatic heterocycles. The molecule has 7 heteroatoms. The Bertz CT molecular complexity index is 463. The molecule has 1 aromatic carbocycles. The van der Waals surface area contributed by atoms with Crippen LogP contribution in [0, 0.1) is 0 Å². The summed E-state index contributed by atoms with van der Waals surface area (Å²) in [4.78, 5) is 12.8. The molecule has 1 rings (SSSR count). The monoisotopic (exact) mass is 294 g/mol. The summed E-state index contributed by atoms with van der Waals surface area (Å²) in [7, 11) is 0. The molecule has 0 saturated heterocycles. The van der Waals surface area contributed by atoms with Crippen molar-refractivity contribution >= 4 is 23.2 Å². The van der Waals surface area contributed by atoms with Gasteiger partial charge in [0.2, 0.25) is 0 Å². The molecule has 1 amide bonds. The lowest BCUT2D eigenvalue weighted by Gasteiger charge is -2.24. The van der Waals surface area contributed by atoms with Crippen LogP contribution in [0.5, 0.6) is 0 Å². The maximum Gasteiger partial charge on any atom is 0.406 e. The van der Waals surface area contributed by atoms with Crippen molar-refractivity contribution in [2.45, 2.75) is 19.5 Å². The van der Waals surface area contributed by atoms with E-state index >= 15 is 0 Å². The average Bonchev–Trinajstić information content (AvgIpc) is 2.30. The van der Waals surface area contributed by atoms with E-state index in [1.165, 1.54) is 18.2 Å². The number of amides is 1. The zero-order valence-corrected chi connectivity index (χ0v) is 11.1. The van der Waals surface area contributed by atoms with Crippen molar-refractivity contribution in [1.29, 1.82) is 0 Å². The van der Waals surface area contributed by atoms with Crippen molar-refractivity contribution in [1.82, 2.24) is 4.90 Å². The lowest BCUT2D eigenvalue weighted by atomic mass is 10.1. The number of benzene rings is 1. The van der Waals surface area contributed by atoms with Crippen molar-refractivity contribution in [2.75, 3.05) is 18.8 Å². The van der Waals surface area contributed by atoms with Gasteiger partial charge < -0.3 is 10.6 Å². The van der Waals surface area contributed by atoms with Gasteiger partial charge in [0.1, 0.15) is 6.54 Å². The van der Waals surface area contributed by atoms with Gasteiger partial charge in [-0.1, -0.05) is 24.6 Å². The summed E-state index contributed by atoms with van der Waals surface area (Å²) in [5.74, 6) is -0.767. The van der Waals surface area contributed by atoms with Gasteiger partial charge in [-0.2, -0.15) is 13.2 Å². The number of rotatable bonds is 4. The third-order valence-corrected chi connectivity index (χ3v) is 2.83. The van der Waals surface area contributed by atoms with Gasteiger partial charge in [0, 0.05) is 6.54 Å². The number of nitrogen functional groups attached to an aromatic ring is 1. The number of anilines is 1. The van der Waals surface area contributed by atoms with Crippen LogP contribution in [0.1, 0.15) is 23.7 Å². The van der Waals surface area contributed by atoms with Gasteiger partial charge in [-0.3, -0.25) is 4.79 Å². The van der Waals surface area contributed by atoms with Crippen molar-refractivity contribution in [3.8, 4) is 0 Å². The Morgan fingerprint density at radius 3 is 2.58 bits per heavy atom. The third-order valence-electron chi connectivity index (χ3n) is 2.41. The molecule has 0 bridgehead atoms. The van der Waals surface area contributed by atoms with E-state index < -0.39 is 18.6 Å². The molecule has 0 aliphatic carbocycles. The fourth-order valence-electron chi connectivity index (χ4n) is 1.62. The lowest BCUT2D eigenvalue weighted by molar-refractivity contribution is -0.140. The summed E-state index contributed by atoms with van der Waals surface area (Å²) in [5, 5.41) is -0.0178. The molecule has 2 N–H and O–H groups in total. The molecule has 0 spiro atoms. The number of alkyl halides is 3. The predicted octanol–water partition coefficient (Wildman–Crippen LogP) is 3.34. The summed E-state index contributed by atoms with van der Waals surface area (Å²) in [6, 6.07) is 4.32. The van der Waals surface area contributed by atoms with E-state index in [9.17, 15) is 18.0 Å². The van der Waals surface area contributed by atoms with E-state index in [-0.39, 0.29) is 22.8 Å². The molecule has 0 heterocycles. The van der Waals surface area contributed by atoms with E-state index in [0.717, 1.165) is 4.90 Å². The highest BCUT2D eigenvalue weighted by Gasteiger charge is 2.33. The van der Waals surface area contributed by atoms with Crippen molar-refractivity contribution in [3.63, 3.8) is 0 Å². The van der Waals surface area contributed by atoms with Gasteiger partial charge in [0.05, 0.1) is 16.3 Å². The van der Waals surface area contributed by atoms with Crippen LogP contribution in [0.15, 0.2) is 18.2 Å². The largest absolute Gasteiger partial charge is 0.406 e. The number of halogens is 4. The molecule has 0 aromatic heterocycles. The third kappa shape index (κ3) is 4.31. The Balaban J connectivity index is 3.02. The van der Waals surface area contributed by atoms with Crippen molar-refractivity contribution < 1.29 is 18.0 Å². The second kappa shape index (κ2) is 6.14. The highest BCUT2D eigenvalue weighted by atomic mass is 35.5. The zero-order chi connectivity index (χ0) is 14.6. The number of nitrogens with two attached hydrogens (primary N) is 1. The maximum absolute atomic E-state index is 12.4. The SMILES string of the molecule is CCCN(CC(F)(F)F)C(=O)c1cccc(N)c1Cl. The molecular weight excluding hydrogens is 281 g/mol. The summed E-state index contributed by atoms with van der Waals surface area (Å²) in [6.45, 7) is 0.395. The first kappa shape index (κ1) is 15.6. The molecule has 0 aliphatic rings. The van der Waals surface area contributed by atoms with E-state index in [1.807, 2.05) is 0 Å². The van der Waals surface area contributed by atoms with Gasteiger partial charge >= 0.3 is 6.18 Å². The normalized spacial score (nSPS) is 11.4. The van der Waals surface area contributed by atoms with Crippen LogP contribution in [0.4, 0.5) is 18.9 Å². The average molecular weight is 295 g/mol. The Morgan fingerprint density at radius 2 is 2.05 bits per heavy atom. The van der Waals surface area contributed by atoms with E-state index in [2.05, 4.69) is 0 Å². The Hall–Kier alpha value is -1.43. The van der Waals surface area contributed by atoms with Crippen molar-refractivity contribution in [2.24, 2.45) is 0 Å². The molecule has 0 saturated carbocycles. The first-order valence-corrected chi connectivity index (χ1v) is 6.04. The van der Waals surface area contributed by atoms with Gasteiger partial charge in [0.25, 0.3) is 5.91 Å². The lowest BCUT2D eigenvalue weighted by Crippen LogP contribution is -2.39. The molecule has 0 atom stereocenters. The quantitative estimate of drug-likeness (QED) is 0.866. The standard InChI is InChI=1S/C12H14ClF3N2O/c1-2-6-18(7-12(14,15)16)11(19)8-4-3-5-9(17)10(8)13/h3-5H,2,6-7,17H2,1H3. The summed E-state index contributed by atoms with van der Waals surface area (Å²) >= 11 is 5.85. The highest BCUT2D eigenvalue weighted by Crippen LogP contribution is 2.26. The van der Waals surface area contributed by atoms with E-state index in [4.69, 9.17) is 17.3 Å². The van der Waals surface area contributed by atoms with E-state index in [1.54, 1.807) is 6.92 Å². The summed E-state index contributed by atoms with van der Waals surface area (Å²) in [5.41, 5.74) is 5.68. The minimum atomic E-state index is -4.45. The smallest absolute Gasteiger partial charge is 0.398 e. The van der Waals surface area contributed by atoms with Gasteiger partial charge in [0.15, 0.2) is 0 Å². The second-order valence-electron chi connectivity index (χ2n) is 4.05. The highest BCUT2D eigenvalue weighted by molar-refractivity contribution is 6.36. The Labute approximate surface area is 114 Å². The number of hydrogen-bond acceptors (Lipinski definition) is 2. The van der Waals surface area contributed by atoms with Crippen LogP contribution >= 0.6 is 11.6 Å². The summed E-state index contributed by atoms with van der Waals surface area (Å²) in [6.07, 6.45) is -4.03. The summed E-state index contributed by atoms with van der Waals surface area (Å²) < 4.78 is 37.3. The minimum Gasteiger partial charge on any atom is -0.398 e. The number of nitrogens with zero attached hydrogens (tertiary/aromatic N) is 1. The molecular formula is C12H14ClF3N2O. The topological polar surface area (TPSA) is 46.3 Å². The molecule has 0 unspecified atom stereocenters. The van der Waals surface area contributed by atoms with E-state index in [0.29, 0.717) is 6.42 Å². The van der Waals surface area contributed by atoms with Crippen LogP contribution < -0.4 is 5.73 Å². The first-order chi connectivity index (χ1) is 8.76. The van der Waals surface area contributed by atoms with Crippen LogP contribution in [0.3, 0.4) is 0 Å². The minimum absolute atomic E-state index is 0.00344. The van der Waals surface area contributed by atoms with Crippen LogP contribution in [-0.2, 0) is 0 Å². The van der Waals surface area contributed by atoms with Crippen LogP contribution in [0.25, 0.3) is 0 Å². The Morgan fingerprint density at radius 1 is 1.42 bits per heavy atom. The molecule has 19 heavy (non-hydrogen) atoms. The first-order valence-electron chi connectivity index (χ1n) is 5.66. The molecule has 106 valence electrons. The fraction of sp³-hybridized carbons (Fsp3) is 0.417. The molecule has 1 aromatic rings. The van der Waals surface area contributed by atoms with Crippen molar-refractivity contribution in [3.05, 3.63) is 28.8 Å². The predicted molar refractivity (Wildman–Crippen MR) is 68.1 cm³/mol. The number of hydrogen-bond donors (Lipinski definition) is 1. The molecule has 3 nitrogen and oxygen atoms in total. The zero-order valence-electron chi connectivity index (χ0n) is 10.3. The Kier molecular flexibility index (Phi) is 5.05. The van der Waals surface area contributed by atoms with Gasteiger partial charge in [-0.25, -0.2) is 0 Å². The number of carbonyl (C=O) groups is 1. The van der Waals surface area contributed by atoms with Crippen LogP contribution in [-0.4, -0.2) is 30.1 Å². The van der Waals surface area contributed by atoms with Gasteiger partial charge in [-0.05, 0) is 18.6 Å². The molecule has 0 radical (unpaired) electrons. The molecule has 0 fully saturated rings. The number of carbonyl (C=O) groups excluding carboxylic acids is 1. The van der Waals surface area contributed by atoms with Crippen LogP contribution in [0.2, 0.25) is 5.02 Å². The fourth-order valence-corrected chi connectivity index (χ4v) is 1.83. The second-order valence-corrected chi connectivity index (χ2v) is 4.43.